The third-order valence-corrected chi connectivity index (χ3v) is 4.04. The highest BCUT2D eigenvalue weighted by atomic mass is 16.5. The second-order valence-corrected chi connectivity index (χ2v) is 5.68. The van der Waals surface area contributed by atoms with Crippen LogP contribution in [0.1, 0.15) is 5.56 Å². The van der Waals surface area contributed by atoms with Crippen LogP contribution in [0.25, 0.3) is 10.8 Å². The fourth-order valence-corrected chi connectivity index (χ4v) is 2.86. The summed E-state index contributed by atoms with van der Waals surface area (Å²) in [5.74, 6) is 2.42. The van der Waals surface area contributed by atoms with Gasteiger partial charge < -0.3 is 19.9 Å². The minimum atomic E-state index is 0.460. The molecule has 0 atom stereocenters. The van der Waals surface area contributed by atoms with Crippen LogP contribution in [-0.2, 0) is 6.42 Å². The molecule has 0 bridgehead atoms. The number of ether oxygens (including phenoxy) is 3. The van der Waals surface area contributed by atoms with Gasteiger partial charge in [0.1, 0.15) is 30.5 Å². The Morgan fingerprint density at radius 3 is 2.48 bits per heavy atom. The fourth-order valence-electron chi connectivity index (χ4n) is 2.86. The predicted molar refractivity (Wildman–Crippen MR) is 101 cm³/mol. The van der Waals surface area contributed by atoms with Crippen molar-refractivity contribution >= 4 is 10.8 Å². The van der Waals surface area contributed by atoms with Crippen LogP contribution in [0.2, 0.25) is 0 Å². The van der Waals surface area contributed by atoms with E-state index in [0.29, 0.717) is 19.8 Å². The zero-order valence-electron chi connectivity index (χ0n) is 14.4. The first-order valence-electron chi connectivity index (χ1n) is 8.42. The van der Waals surface area contributed by atoms with Crippen LogP contribution < -0.4 is 19.9 Å². The maximum absolute atomic E-state index is 5.96. The van der Waals surface area contributed by atoms with E-state index in [4.69, 9.17) is 19.9 Å². The maximum Gasteiger partial charge on any atom is 0.123 e. The van der Waals surface area contributed by atoms with Crippen LogP contribution in [0.15, 0.2) is 60.7 Å². The number of benzene rings is 3. The molecule has 130 valence electrons. The van der Waals surface area contributed by atoms with Gasteiger partial charge in [-0.15, -0.1) is 0 Å². The topological polar surface area (TPSA) is 53.7 Å². The summed E-state index contributed by atoms with van der Waals surface area (Å²) in [5.41, 5.74) is 6.94. The molecule has 0 saturated heterocycles. The molecular weight excluding hydrogens is 314 g/mol. The predicted octanol–water partition coefficient (Wildman–Crippen LogP) is 3.81. The normalized spacial score (nSPS) is 10.6. The van der Waals surface area contributed by atoms with Crippen molar-refractivity contribution < 1.29 is 14.2 Å². The summed E-state index contributed by atoms with van der Waals surface area (Å²) in [4.78, 5) is 0. The lowest BCUT2D eigenvalue weighted by Crippen LogP contribution is -2.11. The van der Waals surface area contributed by atoms with E-state index in [1.807, 2.05) is 42.5 Å². The van der Waals surface area contributed by atoms with E-state index < -0.39 is 0 Å². The molecule has 3 aromatic carbocycles. The standard InChI is InChI=1S/C21H23NO3/c1-23-17-6-4-7-18(15-17)24-13-14-25-21-10-9-16-5-2-3-8-19(16)20(21)11-12-22/h2-10,15H,11-14,22H2,1H3. The summed E-state index contributed by atoms with van der Waals surface area (Å²) in [6.45, 7) is 1.51. The second kappa shape index (κ2) is 8.40. The molecule has 0 heterocycles. The minimum Gasteiger partial charge on any atom is -0.497 e. The molecule has 0 amide bonds. The van der Waals surface area contributed by atoms with E-state index in [0.717, 1.165) is 29.2 Å². The summed E-state index contributed by atoms with van der Waals surface area (Å²) in [6, 6.07) is 19.9. The average molecular weight is 337 g/mol. The molecule has 0 aliphatic carbocycles. The van der Waals surface area contributed by atoms with E-state index in [1.54, 1.807) is 7.11 Å². The Morgan fingerprint density at radius 2 is 1.64 bits per heavy atom. The van der Waals surface area contributed by atoms with E-state index in [1.165, 1.54) is 10.8 Å². The van der Waals surface area contributed by atoms with Gasteiger partial charge in [-0.3, -0.25) is 0 Å². The smallest absolute Gasteiger partial charge is 0.123 e. The van der Waals surface area contributed by atoms with Gasteiger partial charge >= 0.3 is 0 Å². The lowest BCUT2D eigenvalue weighted by Gasteiger charge is -2.14. The Morgan fingerprint density at radius 1 is 0.840 bits per heavy atom. The van der Waals surface area contributed by atoms with Crippen molar-refractivity contribution in [2.24, 2.45) is 5.73 Å². The van der Waals surface area contributed by atoms with E-state index >= 15 is 0 Å². The number of fused-ring (bicyclic) bond motifs is 1. The van der Waals surface area contributed by atoms with Crippen LogP contribution in [0.5, 0.6) is 17.2 Å². The monoisotopic (exact) mass is 337 g/mol. The average Bonchev–Trinajstić information content (AvgIpc) is 2.67. The van der Waals surface area contributed by atoms with Gasteiger partial charge in [-0.05, 0) is 41.9 Å². The lowest BCUT2D eigenvalue weighted by molar-refractivity contribution is 0.215. The Kier molecular flexibility index (Phi) is 5.75. The number of nitrogens with two attached hydrogens (primary N) is 1. The Labute approximate surface area is 148 Å². The second-order valence-electron chi connectivity index (χ2n) is 5.68. The summed E-state index contributed by atoms with van der Waals surface area (Å²) in [6.07, 6.45) is 0.785. The molecule has 0 aliphatic rings. The first-order valence-corrected chi connectivity index (χ1v) is 8.42. The van der Waals surface area contributed by atoms with Crippen molar-refractivity contribution in [1.29, 1.82) is 0 Å². The molecule has 0 saturated carbocycles. The third kappa shape index (κ3) is 4.22. The van der Waals surface area contributed by atoms with E-state index in [-0.39, 0.29) is 0 Å². The Hall–Kier alpha value is -2.72. The van der Waals surface area contributed by atoms with Crippen molar-refractivity contribution in [1.82, 2.24) is 0 Å². The Bertz CT molecular complexity index is 832. The highest BCUT2D eigenvalue weighted by Crippen LogP contribution is 2.28. The highest BCUT2D eigenvalue weighted by molar-refractivity contribution is 5.87. The zero-order valence-corrected chi connectivity index (χ0v) is 14.4. The Balaban J connectivity index is 1.65. The van der Waals surface area contributed by atoms with Crippen molar-refractivity contribution in [3.8, 4) is 17.2 Å². The van der Waals surface area contributed by atoms with Crippen LogP contribution >= 0.6 is 0 Å². The van der Waals surface area contributed by atoms with Gasteiger partial charge in [-0.25, -0.2) is 0 Å². The van der Waals surface area contributed by atoms with Gasteiger partial charge in [0.25, 0.3) is 0 Å². The van der Waals surface area contributed by atoms with Gasteiger partial charge in [0.05, 0.1) is 7.11 Å². The molecule has 0 aromatic heterocycles. The van der Waals surface area contributed by atoms with E-state index in [2.05, 4.69) is 18.2 Å². The maximum atomic E-state index is 5.96. The van der Waals surface area contributed by atoms with E-state index in [9.17, 15) is 0 Å². The van der Waals surface area contributed by atoms with Gasteiger partial charge in [0.15, 0.2) is 0 Å². The molecule has 4 nitrogen and oxygen atoms in total. The number of methoxy groups -OCH3 is 1. The van der Waals surface area contributed by atoms with Crippen molar-refractivity contribution in [2.45, 2.75) is 6.42 Å². The SMILES string of the molecule is COc1cccc(OCCOc2ccc3ccccc3c2CCN)c1. The van der Waals surface area contributed by atoms with Gasteiger partial charge in [0, 0.05) is 11.6 Å². The number of hydrogen-bond acceptors (Lipinski definition) is 4. The molecule has 25 heavy (non-hydrogen) atoms. The van der Waals surface area contributed by atoms with Crippen LogP contribution in [-0.4, -0.2) is 26.9 Å². The molecule has 4 heteroatoms. The molecule has 0 radical (unpaired) electrons. The summed E-state index contributed by atoms with van der Waals surface area (Å²) in [7, 11) is 1.64. The largest absolute Gasteiger partial charge is 0.497 e. The van der Waals surface area contributed by atoms with Crippen LogP contribution in [0.3, 0.4) is 0 Å². The molecule has 0 fully saturated rings. The zero-order chi connectivity index (χ0) is 17.5. The molecule has 0 unspecified atom stereocenters. The quantitative estimate of drug-likeness (QED) is 0.635. The van der Waals surface area contributed by atoms with Gasteiger partial charge in [-0.1, -0.05) is 36.4 Å². The van der Waals surface area contributed by atoms with Crippen molar-refractivity contribution in [3.63, 3.8) is 0 Å². The van der Waals surface area contributed by atoms with Crippen molar-refractivity contribution in [2.75, 3.05) is 26.9 Å². The molecule has 2 N–H and O–H groups in total. The lowest BCUT2D eigenvalue weighted by atomic mass is 10.0. The molecular formula is C21H23NO3. The summed E-state index contributed by atoms with van der Waals surface area (Å²) in [5, 5.41) is 2.39. The number of hydrogen-bond donors (Lipinski definition) is 1. The highest BCUT2D eigenvalue weighted by Gasteiger charge is 2.08. The molecule has 3 rings (SSSR count). The van der Waals surface area contributed by atoms with Crippen LogP contribution in [0.4, 0.5) is 0 Å². The fraction of sp³-hybridized carbons (Fsp3) is 0.238. The van der Waals surface area contributed by atoms with Gasteiger partial charge in [0.2, 0.25) is 0 Å². The summed E-state index contributed by atoms with van der Waals surface area (Å²) >= 11 is 0. The molecule has 0 aliphatic heterocycles. The minimum absolute atomic E-state index is 0.460. The molecule has 3 aromatic rings. The van der Waals surface area contributed by atoms with Crippen molar-refractivity contribution in [3.05, 3.63) is 66.2 Å². The summed E-state index contributed by atoms with van der Waals surface area (Å²) < 4.78 is 16.9. The van der Waals surface area contributed by atoms with Crippen LogP contribution in [0, 0.1) is 0 Å². The first kappa shape index (κ1) is 17.1. The third-order valence-electron chi connectivity index (χ3n) is 4.04. The van der Waals surface area contributed by atoms with Gasteiger partial charge in [-0.2, -0.15) is 0 Å². The molecule has 0 spiro atoms. The first-order chi connectivity index (χ1) is 12.3. The number of rotatable bonds is 8.